The number of nitrogens with zero attached hydrogens (tertiary/aromatic N) is 3. The molecule has 1 atom stereocenters. The smallest absolute Gasteiger partial charge is 0.332 e. The van der Waals surface area contributed by atoms with E-state index in [0.29, 0.717) is 31.7 Å². The molecule has 150 valence electrons. The Morgan fingerprint density at radius 1 is 0.966 bits per heavy atom. The van der Waals surface area contributed by atoms with Gasteiger partial charge >= 0.3 is 12.1 Å². The van der Waals surface area contributed by atoms with Crippen molar-refractivity contribution in [2.75, 3.05) is 31.1 Å². The summed E-state index contributed by atoms with van der Waals surface area (Å²) < 4.78 is 0. The number of hydrogen-bond donors (Lipinski definition) is 1. The third-order valence-corrected chi connectivity index (χ3v) is 5.37. The van der Waals surface area contributed by atoms with Crippen LogP contribution < -0.4 is 10.2 Å². The molecular formula is C22H24N4O3. The second kappa shape index (κ2) is 8.34. The first kappa shape index (κ1) is 19.0. The Morgan fingerprint density at radius 2 is 1.66 bits per heavy atom. The summed E-state index contributed by atoms with van der Waals surface area (Å²) >= 11 is 0. The van der Waals surface area contributed by atoms with E-state index in [9.17, 15) is 14.4 Å². The zero-order valence-corrected chi connectivity index (χ0v) is 16.2. The van der Waals surface area contributed by atoms with Gasteiger partial charge in [0.2, 0.25) is 0 Å². The first-order chi connectivity index (χ1) is 14.1. The lowest BCUT2D eigenvalue weighted by atomic mass is 10.1. The molecule has 2 aromatic carbocycles. The molecule has 0 aromatic heterocycles. The lowest BCUT2D eigenvalue weighted by molar-refractivity contribution is -0.119. The van der Waals surface area contributed by atoms with E-state index < -0.39 is 6.04 Å². The van der Waals surface area contributed by atoms with Crippen molar-refractivity contribution in [2.45, 2.75) is 18.9 Å². The molecule has 2 saturated heterocycles. The van der Waals surface area contributed by atoms with E-state index in [4.69, 9.17) is 0 Å². The van der Waals surface area contributed by atoms with Crippen molar-refractivity contribution < 1.29 is 14.4 Å². The molecule has 0 saturated carbocycles. The SMILES string of the molecule is O=C(NCCc1ccccc1)N1CCCN2C(=O)N(c3ccccc3)C(=O)C2C1. The van der Waals surface area contributed by atoms with Gasteiger partial charge in [-0.05, 0) is 30.5 Å². The number of rotatable bonds is 4. The van der Waals surface area contributed by atoms with Crippen molar-refractivity contribution in [3.63, 3.8) is 0 Å². The molecule has 0 radical (unpaired) electrons. The molecule has 4 rings (SSSR count). The highest BCUT2D eigenvalue weighted by atomic mass is 16.2. The minimum Gasteiger partial charge on any atom is -0.338 e. The molecular weight excluding hydrogens is 368 g/mol. The van der Waals surface area contributed by atoms with Crippen LogP contribution in [0.1, 0.15) is 12.0 Å². The third-order valence-electron chi connectivity index (χ3n) is 5.37. The van der Waals surface area contributed by atoms with Crippen LogP contribution in [0.15, 0.2) is 60.7 Å². The summed E-state index contributed by atoms with van der Waals surface area (Å²) in [6.07, 6.45) is 1.39. The van der Waals surface area contributed by atoms with E-state index in [1.807, 2.05) is 36.4 Å². The van der Waals surface area contributed by atoms with Crippen molar-refractivity contribution in [1.82, 2.24) is 15.1 Å². The number of carbonyl (C=O) groups excluding carboxylic acids is 3. The lowest BCUT2D eigenvalue weighted by Gasteiger charge is -2.24. The van der Waals surface area contributed by atoms with E-state index in [0.717, 1.165) is 12.0 Å². The summed E-state index contributed by atoms with van der Waals surface area (Å²) in [6, 6.07) is 17.8. The summed E-state index contributed by atoms with van der Waals surface area (Å²) in [6.45, 7) is 1.73. The number of imide groups is 1. The molecule has 0 bridgehead atoms. The summed E-state index contributed by atoms with van der Waals surface area (Å²) in [5, 5.41) is 2.94. The van der Waals surface area contributed by atoms with Gasteiger partial charge in [-0.1, -0.05) is 48.5 Å². The van der Waals surface area contributed by atoms with Gasteiger partial charge in [-0.25, -0.2) is 14.5 Å². The van der Waals surface area contributed by atoms with Crippen LogP contribution in [-0.4, -0.2) is 60.0 Å². The molecule has 2 aromatic rings. The van der Waals surface area contributed by atoms with Gasteiger partial charge in [-0.3, -0.25) is 4.79 Å². The van der Waals surface area contributed by atoms with Crippen LogP contribution in [0.3, 0.4) is 0 Å². The van der Waals surface area contributed by atoms with Crippen molar-refractivity contribution >= 4 is 23.7 Å². The molecule has 7 nitrogen and oxygen atoms in total. The quantitative estimate of drug-likeness (QED) is 0.813. The topological polar surface area (TPSA) is 73.0 Å². The largest absolute Gasteiger partial charge is 0.338 e. The number of fused-ring (bicyclic) bond motifs is 1. The van der Waals surface area contributed by atoms with E-state index >= 15 is 0 Å². The monoisotopic (exact) mass is 392 g/mol. The van der Waals surface area contributed by atoms with Crippen LogP contribution in [0.4, 0.5) is 15.3 Å². The molecule has 0 spiro atoms. The maximum absolute atomic E-state index is 13.0. The Bertz CT molecular complexity index is 887. The maximum atomic E-state index is 13.0. The number of nitrogens with one attached hydrogen (secondary N) is 1. The number of para-hydroxylation sites is 1. The second-order valence-electron chi connectivity index (χ2n) is 7.27. The van der Waals surface area contributed by atoms with Gasteiger partial charge in [0.15, 0.2) is 0 Å². The van der Waals surface area contributed by atoms with E-state index in [2.05, 4.69) is 5.32 Å². The highest BCUT2D eigenvalue weighted by Crippen LogP contribution is 2.27. The van der Waals surface area contributed by atoms with E-state index in [-0.39, 0.29) is 24.5 Å². The lowest BCUT2D eigenvalue weighted by Crippen LogP contribution is -2.47. The van der Waals surface area contributed by atoms with Crippen LogP contribution in [0.25, 0.3) is 0 Å². The maximum Gasteiger partial charge on any atom is 0.332 e. The van der Waals surface area contributed by atoms with Gasteiger partial charge in [-0.2, -0.15) is 0 Å². The molecule has 2 aliphatic rings. The number of benzene rings is 2. The number of hydrogen-bond acceptors (Lipinski definition) is 3. The van der Waals surface area contributed by atoms with Crippen LogP contribution in [-0.2, 0) is 11.2 Å². The van der Waals surface area contributed by atoms with Crippen molar-refractivity contribution in [3.05, 3.63) is 66.2 Å². The van der Waals surface area contributed by atoms with Gasteiger partial charge in [0.05, 0.1) is 12.2 Å². The molecule has 1 unspecified atom stereocenters. The van der Waals surface area contributed by atoms with Gasteiger partial charge in [0, 0.05) is 19.6 Å². The predicted molar refractivity (Wildman–Crippen MR) is 110 cm³/mol. The Labute approximate surface area is 169 Å². The Morgan fingerprint density at radius 3 is 2.38 bits per heavy atom. The Kier molecular flexibility index (Phi) is 5.46. The molecule has 29 heavy (non-hydrogen) atoms. The van der Waals surface area contributed by atoms with Gasteiger partial charge in [0.25, 0.3) is 5.91 Å². The molecule has 7 heteroatoms. The predicted octanol–water partition coefficient (Wildman–Crippen LogP) is 2.48. The van der Waals surface area contributed by atoms with E-state index in [1.165, 1.54) is 4.90 Å². The first-order valence-electron chi connectivity index (χ1n) is 9.91. The molecule has 5 amide bonds. The third kappa shape index (κ3) is 3.94. The molecule has 2 fully saturated rings. The molecule has 2 aliphatic heterocycles. The summed E-state index contributed by atoms with van der Waals surface area (Å²) in [5.41, 5.74) is 1.72. The highest BCUT2D eigenvalue weighted by molar-refractivity contribution is 6.21. The fraction of sp³-hybridized carbons (Fsp3) is 0.318. The number of urea groups is 2. The average molecular weight is 392 g/mol. The molecule has 1 N–H and O–H groups in total. The minimum atomic E-state index is -0.634. The fourth-order valence-corrected chi connectivity index (χ4v) is 3.87. The van der Waals surface area contributed by atoms with Crippen molar-refractivity contribution in [3.8, 4) is 0 Å². The summed E-state index contributed by atoms with van der Waals surface area (Å²) in [4.78, 5) is 42.9. The molecule has 0 aliphatic carbocycles. The number of anilines is 1. The van der Waals surface area contributed by atoms with Gasteiger partial charge in [-0.15, -0.1) is 0 Å². The number of carbonyl (C=O) groups is 3. The fourth-order valence-electron chi connectivity index (χ4n) is 3.87. The van der Waals surface area contributed by atoms with E-state index in [1.54, 1.807) is 34.1 Å². The van der Waals surface area contributed by atoms with Crippen LogP contribution in [0.2, 0.25) is 0 Å². The van der Waals surface area contributed by atoms with Crippen LogP contribution in [0, 0.1) is 0 Å². The van der Waals surface area contributed by atoms with Crippen LogP contribution >= 0.6 is 0 Å². The zero-order chi connectivity index (χ0) is 20.2. The average Bonchev–Trinajstić information content (AvgIpc) is 2.90. The minimum absolute atomic E-state index is 0.193. The Hall–Kier alpha value is -3.35. The summed E-state index contributed by atoms with van der Waals surface area (Å²) in [7, 11) is 0. The van der Waals surface area contributed by atoms with Crippen molar-refractivity contribution in [1.29, 1.82) is 0 Å². The second-order valence-corrected chi connectivity index (χ2v) is 7.27. The number of amides is 5. The first-order valence-corrected chi connectivity index (χ1v) is 9.91. The van der Waals surface area contributed by atoms with Crippen molar-refractivity contribution in [2.24, 2.45) is 0 Å². The normalized spacial score (nSPS) is 19.2. The Balaban J connectivity index is 1.40. The highest BCUT2D eigenvalue weighted by Gasteiger charge is 2.47. The van der Waals surface area contributed by atoms with Crippen LogP contribution in [0.5, 0.6) is 0 Å². The van der Waals surface area contributed by atoms with Gasteiger partial charge < -0.3 is 15.1 Å². The summed E-state index contributed by atoms with van der Waals surface area (Å²) in [5.74, 6) is -0.273. The van der Waals surface area contributed by atoms with Gasteiger partial charge in [0.1, 0.15) is 6.04 Å². The standard InChI is InChI=1S/C22H24N4O3/c27-20-19-16-24(21(28)23-13-12-17-8-3-1-4-9-17)14-7-15-25(19)22(29)26(20)18-10-5-2-6-11-18/h1-6,8-11,19H,7,12-16H2,(H,23,28). The molecule has 2 heterocycles. The zero-order valence-electron chi connectivity index (χ0n) is 16.2.